The van der Waals surface area contributed by atoms with Crippen LogP contribution in [0, 0.1) is 5.92 Å². The van der Waals surface area contributed by atoms with E-state index in [2.05, 4.69) is 24.1 Å². The maximum Gasteiger partial charge on any atom is 0.120 e. The third kappa shape index (κ3) is 3.95. The smallest absolute Gasteiger partial charge is 0.120 e. The summed E-state index contributed by atoms with van der Waals surface area (Å²) in [5, 5.41) is 13.4. The number of para-hydroxylation sites is 1. The first-order chi connectivity index (χ1) is 9.20. The van der Waals surface area contributed by atoms with Gasteiger partial charge in [-0.05, 0) is 57.9 Å². The minimum absolute atomic E-state index is 0.213. The highest BCUT2D eigenvalue weighted by atomic mass is 16.3. The molecule has 2 N–H and O–H groups in total. The van der Waals surface area contributed by atoms with E-state index in [1.54, 1.807) is 6.07 Å². The number of hydrogen-bond donors (Lipinski definition) is 2. The zero-order valence-electron chi connectivity index (χ0n) is 12.1. The Hall–Kier alpha value is -1.06. The third-order valence-corrected chi connectivity index (χ3v) is 4.27. The summed E-state index contributed by atoms with van der Waals surface area (Å²) in [5.41, 5.74) is 0.994. The van der Waals surface area contributed by atoms with Crippen LogP contribution in [0.5, 0.6) is 5.75 Å². The topological polar surface area (TPSA) is 35.5 Å². The predicted molar refractivity (Wildman–Crippen MR) is 79.4 cm³/mol. The van der Waals surface area contributed by atoms with E-state index >= 15 is 0 Å². The van der Waals surface area contributed by atoms with Crippen LogP contribution in [0.1, 0.15) is 38.3 Å². The Kier molecular flexibility index (Phi) is 5.23. The lowest BCUT2D eigenvalue weighted by Crippen LogP contribution is -2.37. The Morgan fingerprint density at radius 3 is 2.63 bits per heavy atom. The van der Waals surface area contributed by atoms with E-state index in [0.717, 1.165) is 18.0 Å². The number of nitrogens with zero attached hydrogens (tertiary/aromatic N) is 1. The molecule has 0 aromatic heterocycles. The van der Waals surface area contributed by atoms with Gasteiger partial charge in [0.2, 0.25) is 0 Å². The fourth-order valence-electron chi connectivity index (χ4n) is 2.81. The van der Waals surface area contributed by atoms with E-state index in [1.807, 2.05) is 18.2 Å². The largest absolute Gasteiger partial charge is 0.508 e. The Labute approximate surface area is 116 Å². The van der Waals surface area contributed by atoms with Gasteiger partial charge in [0.05, 0.1) is 0 Å². The number of phenolic OH excluding ortho intramolecular Hbond substituents is 1. The lowest BCUT2D eigenvalue weighted by Gasteiger charge is -2.31. The standard InChI is InChI=1S/C16H26N2O/c1-3-18-10-8-14(9-11-18)12-17-13(2)15-6-4-5-7-16(15)19/h4-7,13-14,17,19H,3,8-12H2,1-2H3. The van der Waals surface area contributed by atoms with Crippen molar-refractivity contribution in [3.8, 4) is 5.75 Å². The molecule has 0 aliphatic carbocycles. The Balaban J connectivity index is 1.78. The monoisotopic (exact) mass is 262 g/mol. The first-order valence-corrected chi connectivity index (χ1v) is 7.44. The van der Waals surface area contributed by atoms with Crippen LogP contribution < -0.4 is 5.32 Å². The van der Waals surface area contributed by atoms with Crippen molar-refractivity contribution < 1.29 is 5.11 Å². The van der Waals surface area contributed by atoms with E-state index in [-0.39, 0.29) is 6.04 Å². The van der Waals surface area contributed by atoms with Gasteiger partial charge < -0.3 is 15.3 Å². The maximum atomic E-state index is 9.84. The number of likely N-dealkylation sites (tertiary alicyclic amines) is 1. The minimum Gasteiger partial charge on any atom is -0.508 e. The summed E-state index contributed by atoms with van der Waals surface area (Å²) in [6.45, 7) is 9.04. The van der Waals surface area contributed by atoms with Gasteiger partial charge in [0.1, 0.15) is 5.75 Å². The van der Waals surface area contributed by atoms with Crippen molar-refractivity contribution >= 4 is 0 Å². The van der Waals surface area contributed by atoms with Crippen LogP contribution in [-0.2, 0) is 0 Å². The quantitative estimate of drug-likeness (QED) is 0.856. The fourth-order valence-corrected chi connectivity index (χ4v) is 2.81. The lowest BCUT2D eigenvalue weighted by molar-refractivity contribution is 0.188. The van der Waals surface area contributed by atoms with Gasteiger partial charge in [-0.25, -0.2) is 0 Å². The molecular weight excluding hydrogens is 236 g/mol. The second kappa shape index (κ2) is 6.92. The van der Waals surface area contributed by atoms with Crippen LogP contribution in [0.4, 0.5) is 0 Å². The molecule has 1 atom stereocenters. The van der Waals surface area contributed by atoms with Crippen molar-refractivity contribution in [1.29, 1.82) is 0 Å². The van der Waals surface area contributed by atoms with Crippen molar-refractivity contribution in [3.05, 3.63) is 29.8 Å². The zero-order valence-corrected chi connectivity index (χ0v) is 12.1. The number of piperidine rings is 1. The molecule has 1 aliphatic heterocycles. The van der Waals surface area contributed by atoms with E-state index in [1.165, 1.54) is 32.5 Å². The molecule has 1 saturated heterocycles. The second-order valence-corrected chi connectivity index (χ2v) is 5.57. The van der Waals surface area contributed by atoms with Crippen molar-refractivity contribution in [3.63, 3.8) is 0 Å². The van der Waals surface area contributed by atoms with E-state index in [4.69, 9.17) is 0 Å². The minimum atomic E-state index is 0.213. The van der Waals surface area contributed by atoms with Gasteiger partial charge >= 0.3 is 0 Å². The highest BCUT2D eigenvalue weighted by Gasteiger charge is 2.19. The van der Waals surface area contributed by atoms with Gasteiger partial charge in [0.15, 0.2) is 0 Å². The molecule has 1 aromatic carbocycles. The molecule has 3 nitrogen and oxygen atoms in total. The van der Waals surface area contributed by atoms with E-state index < -0.39 is 0 Å². The molecule has 2 rings (SSSR count). The molecule has 1 heterocycles. The lowest BCUT2D eigenvalue weighted by atomic mass is 9.96. The molecule has 0 bridgehead atoms. The second-order valence-electron chi connectivity index (χ2n) is 5.57. The predicted octanol–water partition coefficient (Wildman–Crippen LogP) is 2.77. The van der Waals surface area contributed by atoms with Crippen molar-refractivity contribution in [2.24, 2.45) is 5.92 Å². The van der Waals surface area contributed by atoms with Gasteiger partial charge in [-0.1, -0.05) is 25.1 Å². The highest BCUT2D eigenvalue weighted by Crippen LogP contribution is 2.24. The molecule has 106 valence electrons. The summed E-state index contributed by atoms with van der Waals surface area (Å²) in [6, 6.07) is 7.81. The SMILES string of the molecule is CCN1CCC(CNC(C)c2ccccc2O)CC1. The van der Waals surface area contributed by atoms with Gasteiger partial charge in [0.25, 0.3) is 0 Å². The van der Waals surface area contributed by atoms with Crippen molar-refractivity contribution in [2.75, 3.05) is 26.2 Å². The van der Waals surface area contributed by atoms with Crippen LogP contribution in [0.25, 0.3) is 0 Å². The summed E-state index contributed by atoms with van der Waals surface area (Å²) < 4.78 is 0. The van der Waals surface area contributed by atoms with Crippen LogP contribution in [0.15, 0.2) is 24.3 Å². The van der Waals surface area contributed by atoms with Crippen LogP contribution >= 0.6 is 0 Å². The van der Waals surface area contributed by atoms with Crippen LogP contribution in [-0.4, -0.2) is 36.2 Å². The summed E-state index contributed by atoms with van der Waals surface area (Å²) >= 11 is 0. The highest BCUT2D eigenvalue weighted by molar-refractivity contribution is 5.34. The Morgan fingerprint density at radius 1 is 1.32 bits per heavy atom. The molecule has 0 amide bonds. The Bertz CT molecular complexity index is 386. The molecule has 1 unspecified atom stereocenters. The van der Waals surface area contributed by atoms with Crippen molar-refractivity contribution in [2.45, 2.75) is 32.7 Å². The number of nitrogens with one attached hydrogen (secondary N) is 1. The number of benzene rings is 1. The molecular formula is C16H26N2O. The fraction of sp³-hybridized carbons (Fsp3) is 0.625. The van der Waals surface area contributed by atoms with E-state index in [0.29, 0.717) is 5.75 Å². The average Bonchev–Trinajstić information content (AvgIpc) is 2.46. The molecule has 1 aliphatic rings. The average molecular weight is 262 g/mol. The molecule has 0 saturated carbocycles. The molecule has 19 heavy (non-hydrogen) atoms. The van der Waals surface area contributed by atoms with Gasteiger partial charge in [-0.2, -0.15) is 0 Å². The van der Waals surface area contributed by atoms with Crippen molar-refractivity contribution in [1.82, 2.24) is 10.2 Å². The number of phenols is 1. The summed E-state index contributed by atoms with van der Waals surface area (Å²) in [5.74, 6) is 1.17. The molecule has 0 radical (unpaired) electrons. The number of aromatic hydroxyl groups is 1. The number of hydrogen-bond acceptors (Lipinski definition) is 3. The normalized spacial score (nSPS) is 19.5. The maximum absolute atomic E-state index is 9.84. The summed E-state index contributed by atoms with van der Waals surface area (Å²) in [4.78, 5) is 2.52. The molecule has 3 heteroatoms. The Morgan fingerprint density at radius 2 is 2.00 bits per heavy atom. The first-order valence-electron chi connectivity index (χ1n) is 7.44. The van der Waals surface area contributed by atoms with Crippen LogP contribution in [0.3, 0.4) is 0 Å². The molecule has 0 spiro atoms. The van der Waals surface area contributed by atoms with Gasteiger partial charge in [-0.3, -0.25) is 0 Å². The zero-order chi connectivity index (χ0) is 13.7. The summed E-state index contributed by atoms with van der Waals surface area (Å²) in [6.07, 6.45) is 2.57. The third-order valence-electron chi connectivity index (χ3n) is 4.27. The van der Waals surface area contributed by atoms with E-state index in [9.17, 15) is 5.11 Å². The van der Waals surface area contributed by atoms with Crippen LogP contribution in [0.2, 0.25) is 0 Å². The first kappa shape index (κ1) is 14.4. The molecule has 1 aromatic rings. The molecule has 1 fully saturated rings. The summed E-state index contributed by atoms with van der Waals surface area (Å²) in [7, 11) is 0. The number of rotatable bonds is 5. The van der Waals surface area contributed by atoms with Gasteiger partial charge in [-0.15, -0.1) is 0 Å². The van der Waals surface area contributed by atoms with Gasteiger partial charge in [0, 0.05) is 11.6 Å².